The van der Waals surface area contributed by atoms with Crippen LogP contribution in [0.3, 0.4) is 0 Å². The van der Waals surface area contributed by atoms with E-state index in [9.17, 15) is 14.4 Å². The summed E-state index contributed by atoms with van der Waals surface area (Å²) in [6, 6.07) is 10.2. The Kier molecular flexibility index (Phi) is 7.46. The van der Waals surface area contributed by atoms with Crippen LogP contribution >= 0.6 is 11.6 Å². The Morgan fingerprint density at radius 1 is 1.02 bits per heavy atom. The molecule has 4 heterocycles. The number of hydrogen-bond acceptors (Lipinski definition) is 4. The van der Waals surface area contributed by atoms with Gasteiger partial charge in [0.05, 0.1) is 21.7 Å². The van der Waals surface area contributed by atoms with Crippen LogP contribution in [0.2, 0.25) is 5.02 Å². The second-order valence-electron chi connectivity index (χ2n) is 12.0. The van der Waals surface area contributed by atoms with Gasteiger partial charge in [0.25, 0.3) is 5.91 Å². The molecule has 6 rings (SSSR count). The first-order chi connectivity index (χ1) is 19.4. The third kappa shape index (κ3) is 4.95. The van der Waals surface area contributed by atoms with E-state index in [0.717, 1.165) is 62.9 Å². The van der Waals surface area contributed by atoms with E-state index < -0.39 is 5.41 Å². The molecule has 1 aromatic carbocycles. The quantitative estimate of drug-likeness (QED) is 0.571. The van der Waals surface area contributed by atoms with E-state index >= 15 is 0 Å². The first-order valence-corrected chi connectivity index (χ1v) is 15.1. The van der Waals surface area contributed by atoms with Crippen molar-refractivity contribution in [2.75, 3.05) is 37.6 Å². The molecule has 1 N–H and O–H groups in total. The van der Waals surface area contributed by atoms with E-state index in [1.807, 2.05) is 33.8 Å². The van der Waals surface area contributed by atoms with Crippen molar-refractivity contribution in [3.63, 3.8) is 0 Å². The smallest absolute Gasteiger partial charge is 0.319 e. The second-order valence-corrected chi connectivity index (χ2v) is 12.4. The Hall–Kier alpha value is -3.13. The molecule has 0 unspecified atom stereocenters. The number of likely N-dealkylation sites (tertiary alicyclic amines) is 2. The van der Waals surface area contributed by atoms with E-state index in [-0.39, 0.29) is 23.9 Å². The number of nitrogens with one attached hydrogen (secondary N) is 1. The van der Waals surface area contributed by atoms with Gasteiger partial charge in [0.1, 0.15) is 0 Å². The van der Waals surface area contributed by atoms with Crippen molar-refractivity contribution in [3.8, 4) is 0 Å². The maximum Gasteiger partial charge on any atom is 0.319 e. The molecule has 2 saturated heterocycles. The van der Waals surface area contributed by atoms with Gasteiger partial charge < -0.3 is 20.0 Å². The molecule has 9 heteroatoms. The molecule has 0 bridgehead atoms. The van der Waals surface area contributed by atoms with E-state index in [1.165, 1.54) is 0 Å². The lowest BCUT2D eigenvalue weighted by Gasteiger charge is -2.40. The van der Waals surface area contributed by atoms with Crippen molar-refractivity contribution in [1.29, 1.82) is 0 Å². The van der Waals surface area contributed by atoms with Crippen LogP contribution in [0.1, 0.15) is 73.0 Å². The molecule has 0 atom stereocenters. The van der Waals surface area contributed by atoms with Gasteiger partial charge in [-0.1, -0.05) is 29.8 Å². The highest BCUT2D eigenvalue weighted by Crippen LogP contribution is 2.48. The number of pyridine rings is 1. The molecule has 0 radical (unpaired) electrons. The summed E-state index contributed by atoms with van der Waals surface area (Å²) in [5.74, 6) is 0.448. The van der Waals surface area contributed by atoms with Crippen molar-refractivity contribution >= 4 is 35.1 Å². The van der Waals surface area contributed by atoms with Crippen LogP contribution in [-0.4, -0.2) is 71.4 Å². The number of anilines is 1. The van der Waals surface area contributed by atoms with Crippen LogP contribution in [0, 0.1) is 12.8 Å². The SMILES string of the molecule is Cc1ncc(Cl)cc1C(=O)NC1CCC(CN2C(=O)C3(CCN(C(=O)N4CCCC4)CC3)c3ccccc32)CC1. The molecule has 4 amide bonds. The molecular weight excluding hydrogens is 526 g/mol. The summed E-state index contributed by atoms with van der Waals surface area (Å²) in [6.45, 7) is 5.45. The van der Waals surface area contributed by atoms with Crippen LogP contribution in [0.15, 0.2) is 36.5 Å². The molecule has 1 aliphatic carbocycles. The number of halogens is 1. The van der Waals surface area contributed by atoms with Gasteiger partial charge in [0.15, 0.2) is 0 Å². The number of aryl methyl sites for hydroxylation is 1. The van der Waals surface area contributed by atoms with Crippen molar-refractivity contribution in [3.05, 3.63) is 58.4 Å². The van der Waals surface area contributed by atoms with E-state index in [0.29, 0.717) is 54.7 Å². The fraction of sp³-hybridized carbons (Fsp3) is 0.548. The van der Waals surface area contributed by atoms with Crippen molar-refractivity contribution in [2.45, 2.75) is 69.7 Å². The van der Waals surface area contributed by atoms with Crippen molar-refractivity contribution in [1.82, 2.24) is 20.1 Å². The lowest BCUT2D eigenvalue weighted by molar-refractivity contribution is -0.124. The Bertz CT molecular complexity index is 1290. The largest absolute Gasteiger partial charge is 0.349 e. The highest BCUT2D eigenvalue weighted by Gasteiger charge is 2.52. The van der Waals surface area contributed by atoms with E-state index in [2.05, 4.69) is 22.4 Å². The van der Waals surface area contributed by atoms with E-state index in [1.54, 1.807) is 12.3 Å². The Labute approximate surface area is 241 Å². The second kappa shape index (κ2) is 11.0. The number of benzene rings is 1. The lowest BCUT2D eigenvalue weighted by Crippen LogP contribution is -2.53. The van der Waals surface area contributed by atoms with Crippen LogP contribution in [0.5, 0.6) is 0 Å². The topological polar surface area (TPSA) is 85.9 Å². The number of carbonyl (C=O) groups is 3. The predicted molar refractivity (Wildman–Crippen MR) is 155 cm³/mol. The van der Waals surface area contributed by atoms with Gasteiger partial charge in [-0.3, -0.25) is 14.6 Å². The number of fused-ring (bicyclic) bond motifs is 2. The van der Waals surface area contributed by atoms with Gasteiger partial charge in [-0.15, -0.1) is 0 Å². The highest BCUT2D eigenvalue weighted by atomic mass is 35.5. The fourth-order valence-electron chi connectivity index (χ4n) is 7.20. The number of urea groups is 1. The monoisotopic (exact) mass is 563 g/mol. The normalized spacial score (nSPS) is 23.9. The summed E-state index contributed by atoms with van der Waals surface area (Å²) in [7, 11) is 0. The molecule has 2 aromatic rings. The molecular formula is C31H38ClN5O3. The maximum absolute atomic E-state index is 14.1. The minimum Gasteiger partial charge on any atom is -0.349 e. The Morgan fingerprint density at radius 3 is 2.42 bits per heavy atom. The number of aromatic nitrogens is 1. The van der Waals surface area contributed by atoms with Gasteiger partial charge in [0, 0.05) is 50.6 Å². The Balaban J connectivity index is 1.08. The van der Waals surface area contributed by atoms with Crippen LogP contribution < -0.4 is 10.2 Å². The molecule has 1 spiro atoms. The third-order valence-electron chi connectivity index (χ3n) is 9.55. The first kappa shape index (κ1) is 27.1. The zero-order chi connectivity index (χ0) is 27.9. The van der Waals surface area contributed by atoms with Crippen LogP contribution in [0.25, 0.3) is 0 Å². The average Bonchev–Trinajstić information content (AvgIpc) is 3.59. The molecule has 3 aliphatic heterocycles. The van der Waals surface area contributed by atoms with Crippen LogP contribution in [-0.2, 0) is 10.2 Å². The molecule has 8 nitrogen and oxygen atoms in total. The average molecular weight is 564 g/mol. The zero-order valence-corrected chi connectivity index (χ0v) is 24.0. The van der Waals surface area contributed by atoms with Gasteiger partial charge >= 0.3 is 6.03 Å². The first-order valence-electron chi connectivity index (χ1n) is 14.7. The molecule has 4 aliphatic rings. The molecule has 1 aromatic heterocycles. The van der Waals surface area contributed by atoms with Gasteiger partial charge in [-0.2, -0.15) is 0 Å². The standard InChI is InChI=1S/C31H38ClN5O3/c1-21-25(18-23(32)19-33-21)28(38)34-24-10-8-22(9-11-24)20-37-27-7-3-2-6-26(27)31(29(37)39)12-16-36(17-13-31)30(40)35-14-4-5-15-35/h2-3,6-7,18-19,22,24H,4-5,8-17,20H2,1H3,(H,34,38). The number of rotatable bonds is 4. The molecule has 212 valence electrons. The number of hydrogen-bond donors (Lipinski definition) is 1. The minimum absolute atomic E-state index is 0.104. The van der Waals surface area contributed by atoms with Crippen LogP contribution in [0.4, 0.5) is 10.5 Å². The third-order valence-corrected chi connectivity index (χ3v) is 9.76. The number of amides is 4. The maximum atomic E-state index is 14.1. The van der Waals surface area contributed by atoms with Crippen molar-refractivity contribution < 1.29 is 14.4 Å². The summed E-state index contributed by atoms with van der Waals surface area (Å²) in [6.07, 6.45) is 8.74. The van der Waals surface area contributed by atoms with Crippen molar-refractivity contribution in [2.24, 2.45) is 5.92 Å². The number of carbonyl (C=O) groups excluding carboxylic acids is 3. The predicted octanol–water partition coefficient (Wildman–Crippen LogP) is 4.93. The summed E-state index contributed by atoms with van der Waals surface area (Å²) in [5, 5.41) is 3.62. The summed E-state index contributed by atoms with van der Waals surface area (Å²) >= 11 is 6.06. The van der Waals surface area contributed by atoms with E-state index in [4.69, 9.17) is 11.6 Å². The van der Waals surface area contributed by atoms with Gasteiger partial charge in [-0.05, 0) is 81.9 Å². The number of nitrogens with zero attached hydrogens (tertiary/aromatic N) is 4. The summed E-state index contributed by atoms with van der Waals surface area (Å²) in [4.78, 5) is 50.1. The summed E-state index contributed by atoms with van der Waals surface area (Å²) < 4.78 is 0. The minimum atomic E-state index is -0.535. The molecule has 1 saturated carbocycles. The molecule has 40 heavy (non-hydrogen) atoms. The highest BCUT2D eigenvalue weighted by molar-refractivity contribution is 6.30. The number of piperidine rings is 1. The molecule has 3 fully saturated rings. The summed E-state index contributed by atoms with van der Waals surface area (Å²) in [5.41, 5.74) is 2.81. The lowest BCUT2D eigenvalue weighted by atomic mass is 9.73. The van der Waals surface area contributed by atoms with Gasteiger partial charge in [0.2, 0.25) is 5.91 Å². The van der Waals surface area contributed by atoms with Gasteiger partial charge in [-0.25, -0.2) is 4.79 Å². The Morgan fingerprint density at radius 2 is 1.70 bits per heavy atom. The fourth-order valence-corrected chi connectivity index (χ4v) is 7.36. The number of para-hydroxylation sites is 1. The zero-order valence-electron chi connectivity index (χ0n) is 23.2.